The molecule has 0 aliphatic rings. The van der Waals surface area contributed by atoms with Crippen molar-refractivity contribution in [2.75, 3.05) is 12.4 Å². The molecule has 0 fully saturated rings. The van der Waals surface area contributed by atoms with Crippen molar-refractivity contribution in [2.45, 2.75) is 39.2 Å². The number of alkyl halides is 6. The highest BCUT2D eigenvalue weighted by atomic mass is 19.4. The predicted molar refractivity (Wildman–Crippen MR) is 127 cm³/mol. The third-order valence-corrected chi connectivity index (χ3v) is 5.73. The van der Waals surface area contributed by atoms with Gasteiger partial charge < -0.3 is 14.6 Å². The Hall–Kier alpha value is -4.16. The van der Waals surface area contributed by atoms with Gasteiger partial charge in [0.2, 0.25) is 5.88 Å². The molecule has 200 valence electrons. The lowest BCUT2D eigenvalue weighted by Gasteiger charge is -2.20. The van der Waals surface area contributed by atoms with Gasteiger partial charge >= 0.3 is 12.4 Å². The standard InChI is InChI=1S/C25H22F6N6O/c1-13-7-20(19-5-6-21(23(34-19)38-4)37-11-14(2)32-12-37)35-36-22(13)33-15(3)16-8-17(24(26,27)28)10-18(9-16)25(29,30)31/h5-12,15H,1-4H3,(H,33,36)/t15-/m0/s1. The Morgan fingerprint density at radius 1 is 0.895 bits per heavy atom. The minimum atomic E-state index is -4.94. The number of benzene rings is 1. The number of ether oxygens (including phenoxy) is 1. The van der Waals surface area contributed by atoms with Crippen LogP contribution in [0.1, 0.15) is 40.9 Å². The molecule has 0 aliphatic carbocycles. The van der Waals surface area contributed by atoms with Gasteiger partial charge in [-0.25, -0.2) is 9.97 Å². The number of imidazole rings is 1. The summed E-state index contributed by atoms with van der Waals surface area (Å²) in [7, 11) is 1.47. The molecule has 1 atom stereocenters. The van der Waals surface area contributed by atoms with Crippen LogP contribution in [-0.2, 0) is 12.4 Å². The second kappa shape index (κ2) is 9.95. The zero-order valence-electron chi connectivity index (χ0n) is 20.6. The zero-order chi connectivity index (χ0) is 27.8. The smallest absolute Gasteiger partial charge is 0.416 e. The van der Waals surface area contributed by atoms with Crippen LogP contribution in [0.2, 0.25) is 0 Å². The van der Waals surface area contributed by atoms with Crippen molar-refractivity contribution in [1.82, 2.24) is 24.7 Å². The van der Waals surface area contributed by atoms with Crippen LogP contribution in [0.4, 0.5) is 32.2 Å². The summed E-state index contributed by atoms with van der Waals surface area (Å²) in [6.07, 6.45) is -6.43. The molecule has 0 spiro atoms. The van der Waals surface area contributed by atoms with Crippen LogP contribution < -0.4 is 10.1 Å². The monoisotopic (exact) mass is 536 g/mol. The highest BCUT2D eigenvalue weighted by Crippen LogP contribution is 2.38. The molecular formula is C25H22F6N6O. The second-order valence-corrected chi connectivity index (χ2v) is 8.61. The average Bonchev–Trinajstić information content (AvgIpc) is 3.29. The maximum atomic E-state index is 13.2. The van der Waals surface area contributed by atoms with E-state index in [1.807, 2.05) is 13.1 Å². The molecule has 0 bridgehead atoms. The molecule has 0 saturated carbocycles. The number of aromatic nitrogens is 5. The number of methoxy groups -OCH3 is 1. The Labute approximate surface area is 213 Å². The fourth-order valence-electron chi connectivity index (χ4n) is 3.75. The summed E-state index contributed by atoms with van der Waals surface area (Å²) in [4.78, 5) is 8.67. The van der Waals surface area contributed by atoms with Crippen molar-refractivity contribution < 1.29 is 31.1 Å². The first kappa shape index (κ1) is 26.9. The Morgan fingerprint density at radius 3 is 2.08 bits per heavy atom. The fourth-order valence-corrected chi connectivity index (χ4v) is 3.75. The van der Waals surface area contributed by atoms with Crippen molar-refractivity contribution >= 4 is 5.82 Å². The quantitative estimate of drug-likeness (QED) is 0.281. The van der Waals surface area contributed by atoms with E-state index in [1.165, 1.54) is 14.0 Å². The lowest BCUT2D eigenvalue weighted by atomic mass is 10.00. The number of hydrogen-bond donors (Lipinski definition) is 1. The topological polar surface area (TPSA) is 77.8 Å². The van der Waals surface area contributed by atoms with Crippen LogP contribution in [0, 0.1) is 13.8 Å². The number of anilines is 1. The van der Waals surface area contributed by atoms with Crippen molar-refractivity contribution in [2.24, 2.45) is 0 Å². The van der Waals surface area contributed by atoms with E-state index in [9.17, 15) is 26.3 Å². The number of halogens is 6. The molecule has 1 N–H and O–H groups in total. The van der Waals surface area contributed by atoms with Crippen molar-refractivity contribution in [3.05, 3.63) is 76.9 Å². The Balaban J connectivity index is 1.61. The van der Waals surface area contributed by atoms with Gasteiger partial charge in [-0.15, -0.1) is 10.2 Å². The van der Waals surface area contributed by atoms with Crippen LogP contribution in [0.25, 0.3) is 17.1 Å². The number of rotatable bonds is 6. The van der Waals surface area contributed by atoms with Gasteiger partial charge in [-0.1, -0.05) is 0 Å². The van der Waals surface area contributed by atoms with Crippen LogP contribution in [-0.4, -0.2) is 31.8 Å². The molecule has 1 aromatic carbocycles. The van der Waals surface area contributed by atoms with Crippen molar-refractivity contribution in [3.8, 4) is 23.0 Å². The summed E-state index contributed by atoms with van der Waals surface area (Å²) in [5.74, 6) is 0.518. The van der Waals surface area contributed by atoms with Gasteiger partial charge in [0.1, 0.15) is 11.4 Å². The van der Waals surface area contributed by atoms with Crippen molar-refractivity contribution in [3.63, 3.8) is 0 Å². The van der Waals surface area contributed by atoms with Crippen LogP contribution in [0.15, 0.2) is 48.9 Å². The summed E-state index contributed by atoms with van der Waals surface area (Å²) in [6.45, 7) is 4.97. The number of aryl methyl sites for hydroxylation is 2. The first-order chi connectivity index (χ1) is 17.8. The van der Waals surface area contributed by atoms with Gasteiger partial charge in [0, 0.05) is 6.20 Å². The Morgan fingerprint density at radius 2 is 1.55 bits per heavy atom. The Bertz CT molecular complexity index is 1430. The molecule has 0 saturated heterocycles. The van der Waals surface area contributed by atoms with E-state index >= 15 is 0 Å². The zero-order valence-corrected chi connectivity index (χ0v) is 20.6. The maximum Gasteiger partial charge on any atom is 0.416 e. The van der Waals surface area contributed by atoms with Gasteiger partial charge in [-0.3, -0.25) is 0 Å². The van der Waals surface area contributed by atoms with Crippen molar-refractivity contribution in [1.29, 1.82) is 0 Å². The summed E-state index contributed by atoms with van der Waals surface area (Å²) >= 11 is 0. The normalized spacial score (nSPS) is 12.9. The van der Waals surface area contributed by atoms with E-state index in [4.69, 9.17) is 4.74 Å². The van der Waals surface area contributed by atoms with Gasteiger partial charge in [-0.05, 0) is 68.3 Å². The highest BCUT2D eigenvalue weighted by molar-refractivity contribution is 5.61. The minimum Gasteiger partial charge on any atom is -0.479 e. The minimum absolute atomic E-state index is 0.0938. The first-order valence-electron chi connectivity index (χ1n) is 11.2. The lowest BCUT2D eigenvalue weighted by molar-refractivity contribution is -0.143. The van der Waals surface area contributed by atoms with Gasteiger partial charge in [0.25, 0.3) is 0 Å². The fraction of sp³-hybridized carbons (Fsp3) is 0.280. The third-order valence-electron chi connectivity index (χ3n) is 5.73. The number of hydrogen-bond acceptors (Lipinski definition) is 6. The van der Waals surface area contributed by atoms with E-state index in [0.29, 0.717) is 40.7 Å². The molecule has 0 radical (unpaired) electrons. The largest absolute Gasteiger partial charge is 0.479 e. The molecule has 0 aliphatic heterocycles. The molecule has 13 heteroatoms. The third kappa shape index (κ3) is 5.71. The first-order valence-corrected chi connectivity index (χ1v) is 11.2. The van der Waals surface area contributed by atoms with E-state index < -0.39 is 29.5 Å². The van der Waals surface area contributed by atoms with Crippen LogP contribution in [0.5, 0.6) is 5.88 Å². The van der Waals surface area contributed by atoms with Gasteiger partial charge in [0.05, 0.1) is 42.0 Å². The number of nitrogens with zero attached hydrogens (tertiary/aromatic N) is 5. The maximum absolute atomic E-state index is 13.2. The molecule has 4 rings (SSSR count). The van der Waals surface area contributed by atoms with E-state index in [2.05, 4.69) is 25.5 Å². The van der Waals surface area contributed by atoms with E-state index in [0.717, 1.165) is 5.69 Å². The molecule has 7 nitrogen and oxygen atoms in total. The van der Waals surface area contributed by atoms with E-state index in [1.54, 1.807) is 36.0 Å². The number of pyridine rings is 1. The summed E-state index contributed by atoms with van der Waals surface area (Å²) in [6, 6.07) is 5.67. The summed E-state index contributed by atoms with van der Waals surface area (Å²) in [5, 5.41) is 11.1. The van der Waals surface area contributed by atoms with Crippen LogP contribution in [0.3, 0.4) is 0 Å². The van der Waals surface area contributed by atoms with E-state index in [-0.39, 0.29) is 17.4 Å². The average molecular weight is 536 g/mol. The molecule has 38 heavy (non-hydrogen) atoms. The highest BCUT2D eigenvalue weighted by Gasteiger charge is 2.37. The number of nitrogens with one attached hydrogen (secondary N) is 1. The molecule has 3 aromatic heterocycles. The molecule has 0 amide bonds. The van der Waals surface area contributed by atoms with Crippen LogP contribution >= 0.6 is 0 Å². The van der Waals surface area contributed by atoms with Gasteiger partial charge in [0.15, 0.2) is 5.82 Å². The lowest BCUT2D eigenvalue weighted by Crippen LogP contribution is -2.15. The second-order valence-electron chi connectivity index (χ2n) is 8.61. The molecular weight excluding hydrogens is 514 g/mol. The summed E-state index contributed by atoms with van der Waals surface area (Å²) in [5.41, 5.74) is -0.0974. The van der Waals surface area contributed by atoms with Gasteiger partial charge in [-0.2, -0.15) is 26.3 Å². The summed E-state index contributed by atoms with van der Waals surface area (Å²) < 4.78 is 86.6. The molecule has 0 unspecified atom stereocenters. The Kier molecular flexibility index (Phi) is 7.04. The SMILES string of the molecule is COc1nc(-c2cc(C)c(N[C@@H](C)c3cc(C(F)(F)F)cc(C(F)(F)F)c3)nn2)ccc1-n1cnc(C)c1. The predicted octanol–water partition coefficient (Wildman–Crippen LogP) is 6.56. The molecule has 4 aromatic rings. The molecule has 3 heterocycles.